The third kappa shape index (κ3) is 5.90. The van der Waals surface area contributed by atoms with Crippen molar-refractivity contribution in [2.75, 3.05) is 6.54 Å². The van der Waals surface area contributed by atoms with Crippen molar-refractivity contribution in [3.05, 3.63) is 98.1 Å². The van der Waals surface area contributed by atoms with Gasteiger partial charge in [0, 0.05) is 6.54 Å². The lowest BCUT2D eigenvalue weighted by Gasteiger charge is -2.12. The lowest BCUT2D eigenvalue weighted by Crippen LogP contribution is -2.28. The molecule has 184 valence electrons. The summed E-state index contributed by atoms with van der Waals surface area (Å²) < 4.78 is 19.1. The van der Waals surface area contributed by atoms with Crippen LogP contribution in [0.2, 0.25) is 10.0 Å². The van der Waals surface area contributed by atoms with Gasteiger partial charge < -0.3 is 9.84 Å². The van der Waals surface area contributed by atoms with Crippen molar-refractivity contribution in [3.8, 4) is 5.75 Å². The molecular formula is C26H19Cl2FN2O4S. The molecule has 1 saturated heterocycles. The highest BCUT2D eigenvalue weighted by Gasteiger charge is 2.32. The molecular weight excluding hydrogens is 526 g/mol. The van der Waals surface area contributed by atoms with Crippen LogP contribution in [0.25, 0.3) is 6.08 Å². The van der Waals surface area contributed by atoms with Crippen molar-refractivity contribution in [1.29, 1.82) is 0 Å². The summed E-state index contributed by atoms with van der Waals surface area (Å²) in [6.07, 6.45) is 1.65. The Balaban J connectivity index is 1.57. The summed E-state index contributed by atoms with van der Waals surface area (Å²) in [6.45, 7) is 2.29. The Morgan fingerprint density at radius 3 is 2.53 bits per heavy atom. The number of ether oxygens (including phenoxy) is 1. The number of halogens is 3. The number of carbonyl (C=O) groups excluding carboxylic acids is 1. The van der Waals surface area contributed by atoms with Gasteiger partial charge >= 0.3 is 5.97 Å². The first-order chi connectivity index (χ1) is 17.2. The summed E-state index contributed by atoms with van der Waals surface area (Å²) in [7, 11) is 0. The molecule has 0 radical (unpaired) electrons. The molecule has 0 unspecified atom stereocenters. The first kappa shape index (κ1) is 25.8. The predicted octanol–water partition coefficient (Wildman–Crippen LogP) is 7.03. The van der Waals surface area contributed by atoms with Crippen LogP contribution in [0.4, 0.5) is 10.1 Å². The molecule has 1 aliphatic heterocycles. The molecule has 3 aromatic carbocycles. The standard InChI is InChI=1S/C26H19Cl2FN2O4S/c1-2-31-24(32)22(36-26(31)30-19-8-4-6-17(13-19)25(33)34)12-16-10-20(27)23(21(28)11-16)35-14-15-5-3-7-18(29)9-15/h3-13H,2,14H2,1H3,(H,33,34)/b22-12-,30-26?. The molecule has 1 aliphatic rings. The number of benzene rings is 3. The molecule has 3 aromatic rings. The maximum absolute atomic E-state index is 13.4. The summed E-state index contributed by atoms with van der Waals surface area (Å²) in [5.41, 5.74) is 1.75. The summed E-state index contributed by atoms with van der Waals surface area (Å²) in [5.74, 6) is -1.41. The minimum absolute atomic E-state index is 0.0837. The van der Waals surface area contributed by atoms with Crippen LogP contribution in [0.3, 0.4) is 0 Å². The topological polar surface area (TPSA) is 79.2 Å². The number of aliphatic imine (C=N–C) groups is 1. The third-order valence-corrected chi connectivity index (χ3v) is 6.68. The number of likely N-dealkylation sites (N-methyl/N-ethyl adjacent to an activating group) is 1. The normalized spacial score (nSPS) is 15.7. The first-order valence-corrected chi connectivity index (χ1v) is 12.3. The maximum Gasteiger partial charge on any atom is 0.335 e. The zero-order chi connectivity index (χ0) is 25.8. The number of carboxylic acid groups (broad SMARTS) is 1. The summed E-state index contributed by atoms with van der Waals surface area (Å²) in [4.78, 5) is 30.6. The number of carboxylic acids is 1. The summed E-state index contributed by atoms with van der Waals surface area (Å²) >= 11 is 14.0. The van der Waals surface area contributed by atoms with Crippen LogP contribution in [-0.4, -0.2) is 33.6 Å². The Hall–Kier alpha value is -3.33. The van der Waals surface area contributed by atoms with E-state index in [0.29, 0.717) is 33.4 Å². The van der Waals surface area contributed by atoms with Crippen LogP contribution in [0.15, 0.2) is 70.6 Å². The van der Waals surface area contributed by atoms with E-state index in [1.807, 2.05) is 6.92 Å². The van der Waals surface area contributed by atoms with Gasteiger partial charge in [0.05, 0.1) is 26.2 Å². The second kappa shape index (κ2) is 11.2. The Morgan fingerprint density at radius 1 is 1.14 bits per heavy atom. The molecule has 0 aromatic heterocycles. The van der Waals surface area contributed by atoms with Gasteiger partial charge in [-0.1, -0.05) is 41.4 Å². The third-order valence-electron chi connectivity index (χ3n) is 5.11. The Morgan fingerprint density at radius 2 is 1.86 bits per heavy atom. The quantitative estimate of drug-likeness (QED) is 0.323. The van der Waals surface area contributed by atoms with E-state index in [0.717, 1.165) is 0 Å². The molecule has 10 heteroatoms. The number of nitrogens with zero attached hydrogens (tertiary/aromatic N) is 2. The van der Waals surface area contributed by atoms with Gasteiger partial charge in [0.2, 0.25) is 0 Å². The van der Waals surface area contributed by atoms with Crippen molar-refractivity contribution >= 4 is 63.8 Å². The molecule has 1 amide bonds. The Kier molecular flexibility index (Phi) is 7.98. The average Bonchev–Trinajstić information content (AvgIpc) is 3.12. The minimum atomic E-state index is -1.06. The van der Waals surface area contributed by atoms with Crippen LogP contribution in [0.5, 0.6) is 5.75 Å². The van der Waals surface area contributed by atoms with E-state index < -0.39 is 5.97 Å². The summed E-state index contributed by atoms with van der Waals surface area (Å²) in [6, 6.07) is 15.4. The lowest BCUT2D eigenvalue weighted by molar-refractivity contribution is -0.122. The molecule has 0 spiro atoms. The molecule has 0 atom stereocenters. The average molecular weight is 545 g/mol. The molecule has 4 rings (SSSR count). The molecule has 1 N–H and O–H groups in total. The van der Waals surface area contributed by atoms with Crippen LogP contribution < -0.4 is 4.74 Å². The molecule has 1 heterocycles. The van der Waals surface area contributed by atoms with Crippen molar-refractivity contribution in [2.24, 2.45) is 4.99 Å². The highest BCUT2D eigenvalue weighted by molar-refractivity contribution is 8.18. The number of hydrogen-bond acceptors (Lipinski definition) is 5. The Bertz CT molecular complexity index is 1390. The van der Waals surface area contributed by atoms with Crippen LogP contribution in [0.1, 0.15) is 28.4 Å². The highest BCUT2D eigenvalue weighted by atomic mass is 35.5. The molecule has 0 bridgehead atoms. The van der Waals surface area contributed by atoms with Crippen molar-refractivity contribution in [3.63, 3.8) is 0 Å². The van der Waals surface area contributed by atoms with Gasteiger partial charge in [-0.05, 0) is 78.4 Å². The van der Waals surface area contributed by atoms with E-state index in [1.54, 1.807) is 42.5 Å². The fraction of sp³-hybridized carbons (Fsp3) is 0.115. The zero-order valence-corrected chi connectivity index (χ0v) is 21.2. The van der Waals surface area contributed by atoms with Gasteiger partial charge in [-0.25, -0.2) is 14.2 Å². The van der Waals surface area contributed by atoms with Crippen LogP contribution in [0, 0.1) is 5.82 Å². The van der Waals surface area contributed by atoms with E-state index in [2.05, 4.69) is 4.99 Å². The van der Waals surface area contributed by atoms with Crippen LogP contribution in [-0.2, 0) is 11.4 Å². The largest absolute Gasteiger partial charge is 0.486 e. The van der Waals surface area contributed by atoms with Crippen molar-refractivity contribution in [1.82, 2.24) is 4.90 Å². The lowest BCUT2D eigenvalue weighted by atomic mass is 10.2. The fourth-order valence-electron chi connectivity index (χ4n) is 3.42. The van der Waals surface area contributed by atoms with E-state index in [1.165, 1.54) is 40.9 Å². The van der Waals surface area contributed by atoms with Gasteiger partial charge in [0.1, 0.15) is 12.4 Å². The van der Waals surface area contributed by atoms with Crippen molar-refractivity contribution in [2.45, 2.75) is 13.5 Å². The van der Waals surface area contributed by atoms with Gasteiger partial charge in [0.15, 0.2) is 10.9 Å². The van der Waals surface area contributed by atoms with Gasteiger partial charge in [0.25, 0.3) is 5.91 Å². The summed E-state index contributed by atoms with van der Waals surface area (Å²) in [5, 5.41) is 10.1. The van der Waals surface area contributed by atoms with Crippen LogP contribution >= 0.6 is 35.0 Å². The van der Waals surface area contributed by atoms with Gasteiger partial charge in [-0.2, -0.15) is 0 Å². The number of amidine groups is 1. The number of hydrogen-bond donors (Lipinski definition) is 1. The smallest absolute Gasteiger partial charge is 0.335 e. The maximum atomic E-state index is 13.4. The number of amides is 1. The van der Waals surface area contributed by atoms with E-state index in [4.69, 9.17) is 27.9 Å². The van der Waals surface area contributed by atoms with Crippen molar-refractivity contribution < 1.29 is 23.8 Å². The minimum Gasteiger partial charge on any atom is -0.486 e. The monoisotopic (exact) mass is 544 g/mol. The van der Waals surface area contributed by atoms with E-state index in [9.17, 15) is 19.1 Å². The number of aromatic carboxylic acids is 1. The SMILES string of the molecule is CCN1C(=O)/C(=C/c2cc(Cl)c(OCc3cccc(F)c3)c(Cl)c2)SC1=Nc1cccc(C(=O)O)c1. The number of thioether (sulfide) groups is 1. The number of rotatable bonds is 7. The molecule has 6 nitrogen and oxygen atoms in total. The molecule has 0 aliphatic carbocycles. The molecule has 0 saturated carbocycles. The Labute approximate surface area is 221 Å². The number of carbonyl (C=O) groups is 2. The van der Waals surface area contributed by atoms with Gasteiger partial charge in [-0.3, -0.25) is 9.69 Å². The van der Waals surface area contributed by atoms with Gasteiger partial charge in [-0.15, -0.1) is 0 Å². The van der Waals surface area contributed by atoms with E-state index >= 15 is 0 Å². The molecule has 36 heavy (non-hydrogen) atoms. The van der Waals surface area contributed by atoms with E-state index in [-0.39, 0.29) is 39.7 Å². The first-order valence-electron chi connectivity index (χ1n) is 10.7. The second-order valence-corrected chi connectivity index (χ2v) is 9.47. The zero-order valence-electron chi connectivity index (χ0n) is 18.9. The predicted molar refractivity (Wildman–Crippen MR) is 141 cm³/mol. The highest BCUT2D eigenvalue weighted by Crippen LogP contribution is 2.38. The fourth-order valence-corrected chi connectivity index (χ4v) is 5.10. The second-order valence-electron chi connectivity index (χ2n) is 7.64. The molecule has 1 fully saturated rings.